The molecule has 1 unspecified atom stereocenters. The van der Waals surface area contributed by atoms with E-state index in [-0.39, 0.29) is 18.0 Å². The van der Waals surface area contributed by atoms with Crippen molar-refractivity contribution in [3.8, 4) is 0 Å². The first-order valence-electron chi connectivity index (χ1n) is 7.94. The van der Waals surface area contributed by atoms with Gasteiger partial charge in [-0.1, -0.05) is 13.8 Å². The maximum atomic E-state index is 14.3. The Morgan fingerprint density at radius 1 is 1.43 bits per heavy atom. The summed E-state index contributed by atoms with van der Waals surface area (Å²) < 4.78 is 19.5. The van der Waals surface area contributed by atoms with Gasteiger partial charge in [-0.2, -0.15) is 0 Å². The second kappa shape index (κ2) is 7.27. The minimum Gasteiger partial charge on any atom is -0.388 e. The third-order valence-corrected chi connectivity index (χ3v) is 4.41. The molecule has 1 aromatic rings. The molecular formula is C17H25FN2O3. The summed E-state index contributed by atoms with van der Waals surface area (Å²) in [6.07, 6.45) is 0. The van der Waals surface area contributed by atoms with Gasteiger partial charge in [0.1, 0.15) is 5.82 Å². The van der Waals surface area contributed by atoms with Crippen LogP contribution in [-0.4, -0.2) is 49.5 Å². The summed E-state index contributed by atoms with van der Waals surface area (Å²) >= 11 is 0. The Kier molecular flexibility index (Phi) is 5.59. The van der Waals surface area contributed by atoms with E-state index >= 15 is 0 Å². The third kappa shape index (κ3) is 4.42. The second-order valence-electron chi connectivity index (χ2n) is 6.46. The van der Waals surface area contributed by atoms with Crippen molar-refractivity contribution in [1.82, 2.24) is 5.32 Å². The van der Waals surface area contributed by atoms with Crippen molar-refractivity contribution in [2.45, 2.75) is 26.4 Å². The highest BCUT2D eigenvalue weighted by molar-refractivity contribution is 5.94. The maximum absolute atomic E-state index is 14.3. The molecule has 0 aromatic heterocycles. The number of benzene rings is 1. The predicted octanol–water partition coefficient (Wildman–Crippen LogP) is 1.80. The van der Waals surface area contributed by atoms with Crippen LogP contribution in [0.1, 0.15) is 31.1 Å². The zero-order chi connectivity index (χ0) is 17.0. The van der Waals surface area contributed by atoms with E-state index in [1.807, 2.05) is 18.7 Å². The molecule has 2 rings (SSSR count). The molecule has 1 amide bonds. The zero-order valence-corrected chi connectivity index (χ0v) is 13.9. The molecule has 0 spiro atoms. The normalized spacial score (nSPS) is 17.9. The summed E-state index contributed by atoms with van der Waals surface area (Å²) in [7, 11) is 0. The van der Waals surface area contributed by atoms with E-state index in [1.54, 1.807) is 19.1 Å². The summed E-state index contributed by atoms with van der Waals surface area (Å²) in [6.45, 7) is 7.97. The van der Waals surface area contributed by atoms with Crippen LogP contribution < -0.4 is 10.2 Å². The first-order chi connectivity index (χ1) is 10.8. The van der Waals surface area contributed by atoms with E-state index < -0.39 is 17.3 Å². The molecule has 23 heavy (non-hydrogen) atoms. The molecule has 5 nitrogen and oxygen atoms in total. The van der Waals surface area contributed by atoms with E-state index in [9.17, 15) is 14.3 Å². The first-order valence-corrected chi connectivity index (χ1v) is 7.94. The highest BCUT2D eigenvalue weighted by atomic mass is 19.1. The Labute approximate surface area is 136 Å². The average Bonchev–Trinajstić information content (AvgIpc) is 2.53. The smallest absolute Gasteiger partial charge is 0.251 e. The predicted molar refractivity (Wildman–Crippen MR) is 87.2 cm³/mol. The molecule has 0 radical (unpaired) electrons. The standard InChI is InChI=1S/C17H25FN2O3/c1-12(2)17(3,22)11-19-16(21)13-4-5-15(14(18)10-13)20-6-8-23-9-7-20/h4-5,10,12,22H,6-9,11H2,1-3H3,(H,19,21). The van der Waals surface area contributed by atoms with Crippen molar-refractivity contribution in [1.29, 1.82) is 0 Å². The molecule has 1 aliphatic heterocycles. The van der Waals surface area contributed by atoms with Crippen molar-refractivity contribution in [2.24, 2.45) is 5.92 Å². The van der Waals surface area contributed by atoms with Crippen molar-refractivity contribution in [3.05, 3.63) is 29.6 Å². The SMILES string of the molecule is CC(C)C(C)(O)CNC(=O)c1ccc(N2CCOCC2)c(F)c1. The quantitative estimate of drug-likeness (QED) is 0.867. The number of hydrogen-bond donors (Lipinski definition) is 2. The van der Waals surface area contributed by atoms with E-state index in [4.69, 9.17) is 4.74 Å². The highest BCUT2D eigenvalue weighted by Gasteiger charge is 2.25. The molecular weight excluding hydrogens is 299 g/mol. The number of hydrogen-bond acceptors (Lipinski definition) is 4. The molecule has 1 heterocycles. The number of nitrogens with one attached hydrogen (secondary N) is 1. The van der Waals surface area contributed by atoms with Crippen LogP contribution in [0, 0.1) is 11.7 Å². The van der Waals surface area contributed by atoms with E-state index in [0.29, 0.717) is 32.0 Å². The van der Waals surface area contributed by atoms with Crippen LogP contribution in [0.15, 0.2) is 18.2 Å². The van der Waals surface area contributed by atoms with Crippen LogP contribution in [0.4, 0.5) is 10.1 Å². The summed E-state index contributed by atoms with van der Waals surface area (Å²) in [5.74, 6) is -0.809. The molecule has 0 saturated carbocycles. The Balaban J connectivity index is 2.03. The summed E-state index contributed by atoms with van der Waals surface area (Å²) in [6, 6.07) is 4.47. The fourth-order valence-corrected chi connectivity index (χ4v) is 2.27. The van der Waals surface area contributed by atoms with Crippen molar-refractivity contribution < 1.29 is 19.0 Å². The number of nitrogens with zero attached hydrogens (tertiary/aromatic N) is 1. The number of halogens is 1. The lowest BCUT2D eigenvalue weighted by Crippen LogP contribution is -2.44. The van der Waals surface area contributed by atoms with Crippen LogP contribution in [-0.2, 0) is 4.74 Å². The number of carbonyl (C=O) groups excluding carboxylic acids is 1. The lowest BCUT2D eigenvalue weighted by atomic mass is 9.92. The second-order valence-corrected chi connectivity index (χ2v) is 6.46. The molecule has 1 aromatic carbocycles. The van der Waals surface area contributed by atoms with Gasteiger partial charge in [0, 0.05) is 25.2 Å². The van der Waals surface area contributed by atoms with Crippen LogP contribution in [0.25, 0.3) is 0 Å². The van der Waals surface area contributed by atoms with Gasteiger partial charge < -0.3 is 20.1 Å². The number of ether oxygens (including phenoxy) is 1. The first kappa shape index (κ1) is 17.7. The molecule has 128 valence electrons. The van der Waals surface area contributed by atoms with Gasteiger partial charge >= 0.3 is 0 Å². The van der Waals surface area contributed by atoms with Crippen LogP contribution in [0.3, 0.4) is 0 Å². The minimum absolute atomic E-state index is 0.00299. The van der Waals surface area contributed by atoms with Crippen molar-refractivity contribution in [2.75, 3.05) is 37.7 Å². The molecule has 0 aliphatic carbocycles. The number of amides is 1. The van der Waals surface area contributed by atoms with Crippen LogP contribution >= 0.6 is 0 Å². The van der Waals surface area contributed by atoms with Crippen LogP contribution in [0.2, 0.25) is 0 Å². The fourth-order valence-electron chi connectivity index (χ4n) is 2.27. The van der Waals surface area contributed by atoms with Gasteiger partial charge in [0.25, 0.3) is 5.91 Å². The highest BCUT2D eigenvalue weighted by Crippen LogP contribution is 2.22. The third-order valence-electron chi connectivity index (χ3n) is 4.41. The van der Waals surface area contributed by atoms with Crippen LogP contribution in [0.5, 0.6) is 0 Å². The van der Waals surface area contributed by atoms with Gasteiger partial charge in [0.15, 0.2) is 0 Å². The van der Waals surface area contributed by atoms with E-state index in [2.05, 4.69) is 5.32 Å². The molecule has 1 fully saturated rings. The minimum atomic E-state index is -0.998. The average molecular weight is 324 g/mol. The van der Waals surface area contributed by atoms with Gasteiger partial charge in [-0.05, 0) is 31.0 Å². The fraction of sp³-hybridized carbons (Fsp3) is 0.588. The Hall–Kier alpha value is -1.66. The van der Waals surface area contributed by atoms with Crippen molar-refractivity contribution in [3.63, 3.8) is 0 Å². The van der Waals surface area contributed by atoms with Gasteiger partial charge in [-0.25, -0.2) is 4.39 Å². The molecule has 6 heteroatoms. The lowest BCUT2D eigenvalue weighted by Gasteiger charge is -2.29. The molecule has 1 aliphatic rings. The summed E-state index contributed by atoms with van der Waals surface area (Å²) in [4.78, 5) is 14.0. The summed E-state index contributed by atoms with van der Waals surface area (Å²) in [5.41, 5.74) is -0.264. The van der Waals surface area contributed by atoms with Crippen molar-refractivity contribution >= 4 is 11.6 Å². The Morgan fingerprint density at radius 2 is 2.09 bits per heavy atom. The molecule has 0 bridgehead atoms. The maximum Gasteiger partial charge on any atom is 0.251 e. The summed E-state index contributed by atoms with van der Waals surface area (Å²) in [5, 5.41) is 12.8. The largest absolute Gasteiger partial charge is 0.388 e. The topological polar surface area (TPSA) is 61.8 Å². The number of aliphatic hydroxyl groups is 1. The Bertz CT molecular complexity index is 555. The van der Waals surface area contributed by atoms with Gasteiger partial charge in [0.05, 0.1) is 24.5 Å². The monoisotopic (exact) mass is 324 g/mol. The molecule has 1 saturated heterocycles. The van der Waals surface area contributed by atoms with Gasteiger partial charge in [-0.15, -0.1) is 0 Å². The van der Waals surface area contributed by atoms with E-state index in [1.165, 1.54) is 6.07 Å². The van der Waals surface area contributed by atoms with Gasteiger partial charge in [-0.3, -0.25) is 4.79 Å². The lowest BCUT2D eigenvalue weighted by molar-refractivity contribution is 0.0142. The van der Waals surface area contributed by atoms with Gasteiger partial charge in [0.2, 0.25) is 0 Å². The Morgan fingerprint density at radius 3 is 2.65 bits per heavy atom. The number of morpholine rings is 1. The number of rotatable bonds is 5. The van der Waals surface area contributed by atoms with E-state index in [0.717, 1.165) is 0 Å². The number of carbonyl (C=O) groups is 1. The molecule has 1 atom stereocenters. The zero-order valence-electron chi connectivity index (χ0n) is 13.9. The molecule has 2 N–H and O–H groups in total. The number of anilines is 1.